The summed E-state index contributed by atoms with van der Waals surface area (Å²) in [7, 11) is -3.56. The van der Waals surface area contributed by atoms with Crippen LogP contribution in [0.5, 0.6) is 0 Å². The van der Waals surface area contributed by atoms with Crippen molar-refractivity contribution in [2.75, 3.05) is 10.2 Å². The zero-order valence-electron chi connectivity index (χ0n) is 17.4. The Labute approximate surface area is 182 Å². The van der Waals surface area contributed by atoms with Crippen LogP contribution in [-0.4, -0.2) is 43.1 Å². The molecule has 5 N–H and O–H groups in total. The number of nitrogens with one attached hydrogen (secondary N) is 5. The molecule has 1 aliphatic carbocycles. The predicted octanol–water partition coefficient (Wildman–Crippen LogP) is 1.62. The SMILES string of the molecule is CC1CC(CC2Nc3ccc(S(=O)(=O)NC4(C)CC4)cc3N2C2NNC(C)S2)ON1. The maximum absolute atomic E-state index is 13.0. The van der Waals surface area contributed by atoms with Gasteiger partial charge >= 0.3 is 0 Å². The van der Waals surface area contributed by atoms with E-state index in [1.807, 2.05) is 13.0 Å². The second kappa shape index (κ2) is 7.51. The highest BCUT2D eigenvalue weighted by Crippen LogP contribution is 2.43. The number of anilines is 2. The molecule has 3 aliphatic heterocycles. The van der Waals surface area contributed by atoms with Crippen LogP contribution in [0.2, 0.25) is 0 Å². The minimum Gasteiger partial charge on any atom is -0.363 e. The first-order valence-corrected chi connectivity index (χ1v) is 13.0. The van der Waals surface area contributed by atoms with Gasteiger partial charge in [-0.15, -0.1) is 11.8 Å². The number of fused-ring (bicyclic) bond motifs is 1. The molecular formula is C19H30N6O3S2. The second-order valence-electron chi connectivity index (χ2n) is 9.06. The molecule has 3 heterocycles. The van der Waals surface area contributed by atoms with Gasteiger partial charge in [-0.2, -0.15) is 5.48 Å². The molecule has 30 heavy (non-hydrogen) atoms. The number of hydrazine groups is 1. The van der Waals surface area contributed by atoms with E-state index in [2.05, 4.69) is 45.1 Å². The first kappa shape index (κ1) is 20.8. The van der Waals surface area contributed by atoms with Crippen molar-refractivity contribution in [1.29, 1.82) is 0 Å². The zero-order chi connectivity index (χ0) is 21.1. The first-order chi connectivity index (χ1) is 14.2. The van der Waals surface area contributed by atoms with E-state index in [1.165, 1.54) is 0 Å². The number of nitrogens with zero attached hydrogens (tertiary/aromatic N) is 1. The van der Waals surface area contributed by atoms with E-state index in [4.69, 9.17) is 4.84 Å². The minimum atomic E-state index is -3.56. The maximum atomic E-state index is 13.0. The Bertz CT molecular complexity index is 925. The molecule has 0 amide bonds. The number of hydroxylamine groups is 1. The van der Waals surface area contributed by atoms with Gasteiger partial charge < -0.3 is 10.2 Å². The number of sulfonamides is 1. The molecule has 3 fully saturated rings. The topological polar surface area (TPSA) is 107 Å². The summed E-state index contributed by atoms with van der Waals surface area (Å²) in [6.45, 7) is 6.16. The fourth-order valence-corrected chi connectivity index (χ4v) is 6.78. The molecule has 0 radical (unpaired) electrons. The normalized spacial score (nSPS) is 34.8. The molecule has 11 heteroatoms. The predicted molar refractivity (Wildman–Crippen MR) is 118 cm³/mol. The maximum Gasteiger partial charge on any atom is 0.241 e. The van der Waals surface area contributed by atoms with E-state index >= 15 is 0 Å². The lowest BCUT2D eigenvalue weighted by Crippen LogP contribution is -2.50. The van der Waals surface area contributed by atoms with Crippen LogP contribution in [0.4, 0.5) is 11.4 Å². The summed E-state index contributed by atoms with van der Waals surface area (Å²) < 4.78 is 28.8. The van der Waals surface area contributed by atoms with Crippen LogP contribution < -0.4 is 31.3 Å². The van der Waals surface area contributed by atoms with Gasteiger partial charge in [0.05, 0.1) is 27.7 Å². The number of hydrogen-bond donors (Lipinski definition) is 5. The van der Waals surface area contributed by atoms with E-state index in [0.717, 1.165) is 37.1 Å². The molecular weight excluding hydrogens is 424 g/mol. The summed E-state index contributed by atoms with van der Waals surface area (Å²) in [5.74, 6) is 0. The van der Waals surface area contributed by atoms with Gasteiger partial charge in [-0.1, -0.05) is 0 Å². The number of benzene rings is 1. The number of hydrogen-bond acceptors (Lipinski definition) is 9. The molecule has 0 bridgehead atoms. The van der Waals surface area contributed by atoms with Crippen molar-refractivity contribution in [3.05, 3.63) is 18.2 Å². The van der Waals surface area contributed by atoms with Crippen molar-refractivity contribution in [1.82, 2.24) is 21.1 Å². The zero-order valence-corrected chi connectivity index (χ0v) is 19.1. The van der Waals surface area contributed by atoms with Gasteiger partial charge in [0.1, 0.15) is 11.7 Å². The third-order valence-corrected chi connectivity index (χ3v) is 8.90. The van der Waals surface area contributed by atoms with Crippen molar-refractivity contribution in [2.45, 2.75) is 86.1 Å². The fourth-order valence-electron chi connectivity index (χ4n) is 4.25. The molecule has 0 aromatic heterocycles. The largest absolute Gasteiger partial charge is 0.363 e. The van der Waals surface area contributed by atoms with Gasteiger partial charge in [-0.3, -0.25) is 4.84 Å². The number of rotatable bonds is 6. The molecule has 1 aromatic carbocycles. The second-order valence-corrected chi connectivity index (χ2v) is 12.2. The molecule has 5 unspecified atom stereocenters. The fraction of sp³-hybridized carbons (Fsp3) is 0.684. The summed E-state index contributed by atoms with van der Waals surface area (Å²) >= 11 is 1.76. The lowest BCUT2D eigenvalue weighted by Gasteiger charge is -2.32. The summed E-state index contributed by atoms with van der Waals surface area (Å²) in [6, 6.07) is 5.68. The molecule has 166 valence electrons. The lowest BCUT2D eigenvalue weighted by atomic mass is 10.1. The summed E-state index contributed by atoms with van der Waals surface area (Å²) in [4.78, 5) is 8.27. The molecule has 5 rings (SSSR count). The van der Waals surface area contributed by atoms with Gasteiger partial charge in [-0.25, -0.2) is 24.0 Å². The van der Waals surface area contributed by atoms with Crippen molar-refractivity contribution >= 4 is 33.2 Å². The van der Waals surface area contributed by atoms with Gasteiger partial charge in [0.15, 0.2) is 0 Å². The first-order valence-electron chi connectivity index (χ1n) is 10.5. The molecule has 1 aromatic rings. The number of thioether (sulfide) groups is 1. The Morgan fingerprint density at radius 3 is 2.73 bits per heavy atom. The third kappa shape index (κ3) is 4.04. The van der Waals surface area contributed by atoms with E-state index in [0.29, 0.717) is 10.9 Å². The van der Waals surface area contributed by atoms with E-state index in [9.17, 15) is 8.42 Å². The van der Waals surface area contributed by atoms with Crippen molar-refractivity contribution < 1.29 is 13.3 Å². The Balaban J connectivity index is 1.43. The van der Waals surface area contributed by atoms with Crippen LogP contribution in [0, 0.1) is 0 Å². The van der Waals surface area contributed by atoms with Crippen molar-refractivity contribution in [3.8, 4) is 0 Å². The third-order valence-electron chi connectivity index (χ3n) is 6.13. The Morgan fingerprint density at radius 2 is 2.10 bits per heavy atom. The molecule has 9 nitrogen and oxygen atoms in total. The quantitative estimate of drug-likeness (QED) is 0.438. The molecule has 1 saturated carbocycles. The van der Waals surface area contributed by atoms with E-state index in [1.54, 1.807) is 23.9 Å². The van der Waals surface area contributed by atoms with Gasteiger partial charge in [0, 0.05) is 18.0 Å². The van der Waals surface area contributed by atoms with Gasteiger partial charge in [0.2, 0.25) is 10.0 Å². The van der Waals surface area contributed by atoms with Crippen molar-refractivity contribution in [3.63, 3.8) is 0 Å². The monoisotopic (exact) mass is 454 g/mol. The minimum absolute atomic E-state index is 0.000984. The van der Waals surface area contributed by atoms with Crippen LogP contribution in [0.25, 0.3) is 0 Å². The van der Waals surface area contributed by atoms with Gasteiger partial charge in [0.25, 0.3) is 0 Å². The smallest absolute Gasteiger partial charge is 0.241 e. The van der Waals surface area contributed by atoms with Crippen LogP contribution in [-0.2, 0) is 14.9 Å². The average molecular weight is 455 g/mol. The highest BCUT2D eigenvalue weighted by molar-refractivity contribution is 8.00. The average Bonchev–Trinajstić information content (AvgIpc) is 3.03. The Kier molecular flexibility index (Phi) is 5.20. The Hall–Kier alpha value is -1.08. The van der Waals surface area contributed by atoms with Crippen LogP contribution in [0.1, 0.15) is 46.5 Å². The standard InChI is InChI=1S/C19H30N6O3S2/c1-11-8-13(28-23-11)9-17-20-15-5-4-14(30(26,27)24-19(3)6-7-19)10-16(15)25(17)18-22-21-12(2)29-18/h4-5,10-13,17-18,20-24H,6-9H2,1-3H3. The van der Waals surface area contributed by atoms with E-state index in [-0.39, 0.29) is 28.7 Å². The van der Waals surface area contributed by atoms with Gasteiger partial charge in [-0.05, 0) is 58.2 Å². The summed E-state index contributed by atoms with van der Waals surface area (Å²) in [6.07, 6.45) is 3.61. The highest BCUT2D eigenvalue weighted by atomic mass is 32.2. The van der Waals surface area contributed by atoms with E-state index < -0.39 is 10.0 Å². The molecule has 0 spiro atoms. The van der Waals surface area contributed by atoms with Crippen molar-refractivity contribution in [2.24, 2.45) is 0 Å². The van der Waals surface area contributed by atoms with Crippen LogP contribution in [0.3, 0.4) is 0 Å². The summed E-state index contributed by atoms with van der Waals surface area (Å²) in [5.41, 5.74) is 11.2. The van der Waals surface area contributed by atoms with Crippen LogP contribution >= 0.6 is 11.8 Å². The summed E-state index contributed by atoms with van der Waals surface area (Å²) in [5, 5.41) is 3.84. The van der Waals surface area contributed by atoms with Crippen LogP contribution in [0.15, 0.2) is 23.1 Å². The molecule has 4 aliphatic rings. The molecule has 2 saturated heterocycles. The molecule has 5 atom stereocenters. The Morgan fingerprint density at radius 1 is 1.30 bits per heavy atom. The lowest BCUT2D eigenvalue weighted by molar-refractivity contribution is 0.0211. The highest BCUT2D eigenvalue weighted by Gasteiger charge is 2.43.